The SMILES string of the molecule is CCN1C(=O)N[C@@H](c2ccccc2C(F)(F)F)C2=C1CN(CCC(=O)NN1CCOCC1)C2=O. The third-order valence-corrected chi connectivity index (χ3v) is 6.09. The van der Waals surface area contributed by atoms with Crippen LogP contribution in [-0.2, 0) is 20.5 Å². The molecule has 3 aliphatic heterocycles. The number of urea groups is 1. The highest BCUT2D eigenvalue weighted by atomic mass is 19.4. The average molecular weight is 481 g/mol. The van der Waals surface area contributed by atoms with Crippen LogP contribution in [0.25, 0.3) is 0 Å². The Labute approximate surface area is 194 Å². The Morgan fingerprint density at radius 2 is 1.91 bits per heavy atom. The van der Waals surface area contributed by atoms with E-state index < -0.39 is 29.7 Å². The maximum Gasteiger partial charge on any atom is 0.416 e. The van der Waals surface area contributed by atoms with Crippen LogP contribution in [0.4, 0.5) is 18.0 Å². The molecular formula is C22H26F3N5O4. The van der Waals surface area contributed by atoms with Crippen molar-refractivity contribution in [2.45, 2.75) is 25.6 Å². The number of hydrazine groups is 1. The number of carbonyl (C=O) groups excluding carboxylic acids is 3. The Morgan fingerprint density at radius 3 is 2.59 bits per heavy atom. The summed E-state index contributed by atoms with van der Waals surface area (Å²) >= 11 is 0. The molecule has 12 heteroatoms. The molecule has 4 rings (SSSR count). The number of hydrogen-bond acceptors (Lipinski definition) is 5. The van der Waals surface area contributed by atoms with E-state index in [9.17, 15) is 27.6 Å². The van der Waals surface area contributed by atoms with Crippen LogP contribution in [0.2, 0.25) is 0 Å². The second-order valence-electron chi connectivity index (χ2n) is 8.18. The number of morpholine rings is 1. The molecule has 1 saturated heterocycles. The minimum Gasteiger partial charge on any atom is -0.379 e. The van der Waals surface area contributed by atoms with E-state index in [2.05, 4.69) is 10.7 Å². The molecule has 3 aliphatic rings. The Hall–Kier alpha value is -3.12. The van der Waals surface area contributed by atoms with Crippen LogP contribution in [0.5, 0.6) is 0 Å². The van der Waals surface area contributed by atoms with Crippen molar-refractivity contribution in [1.29, 1.82) is 0 Å². The molecule has 34 heavy (non-hydrogen) atoms. The minimum atomic E-state index is -4.65. The number of nitrogens with zero attached hydrogens (tertiary/aromatic N) is 3. The quantitative estimate of drug-likeness (QED) is 0.645. The zero-order valence-corrected chi connectivity index (χ0v) is 18.7. The number of carbonyl (C=O) groups is 3. The number of nitrogens with one attached hydrogen (secondary N) is 2. The highest BCUT2D eigenvalue weighted by Gasteiger charge is 2.46. The van der Waals surface area contributed by atoms with Gasteiger partial charge in [-0.05, 0) is 18.6 Å². The molecule has 184 valence electrons. The lowest BCUT2D eigenvalue weighted by Crippen LogP contribution is -2.49. The summed E-state index contributed by atoms with van der Waals surface area (Å²) in [5.74, 6) is -0.769. The molecular weight excluding hydrogens is 455 g/mol. The monoisotopic (exact) mass is 481 g/mol. The second kappa shape index (κ2) is 9.63. The third kappa shape index (κ3) is 4.73. The number of likely N-dealkylation sites (N-methyl/N-ethyl adjacent to an activating group) is 1. The summed E-state index contributed by atoms with van der Waals surface area (Å²) in [5.41, 5.74) is 2.14. The Morgan fingerprint density at radius 1 is 1.21 bits per heavy atom. The number of amides is 4. The van der Waals surface area contributed by atoms with E-state index in [4.69, 9.17) is 4.74 Å². The second-order valence-corrected chi connectivity index (χ2v) is 8.18. The van der Waals surface area contributed by atoms with Crippen LogP contribution in [0.15, 0.2) is 35.5 Å². The van der Waals surface area contributed by atoms with E-state index in [-0.39, 0.29) is 43.1 Å². The van der Waals surface area contributed by atoms with Crippen molar-refractivity contribution in [3.05, 3.63) is 46.7 Å². The van der Waals surface area contributed by atoms with Gasteiger partial charge in [-0.2, -0.15) is 13.2 Å². The van der Waals surface area contributed by atoms with Crippen LogP contribution in [0.1, 0.15) is 30.5 Å². The molecule has 0 unspecified atom stereocenters. The summed E-state index contributed by atoms with van der Waals surface area (Å²) in [6, 6.07) is 3.11. The summed E-state index contributed by atoms with van der Waals surface area (Å²) in [6.07, 6.45) is -4.64. The molecule has 2 N–H and O–H groups in total. The van der Waals surface area contributed by atoms with Gasteiger partial charge in [0.05, 0.1) is 42.6 Å². The molecule has 9 nitrogen and oxygen atoms in total. The Balaban J connectivity index is 1.54. The van der Waals surface area contributed by atoms with Crippen molar-refractivity contribution in [2.75, 3.05) is 45.9 Å². The van der Waals surface area contributed by atoms with Crippen molar-refractivity contribution in [3.8, 4) is 0 Å². The van der Waals surface area contributed by atoms with Gasteiger partial charge in [-0.1, -0.05) is 18.2 Å². The fraction of sp³-hybridized carbons (Fsp3) is 0.500. The molecule has 0 aromatic heterocycles. The van der Waals surface area contributed by atoms with E-state index in [1.165, 1.54) is 28.0 Å². The largest absolute Gasteiger partial charge is 0.416 e. The van der Waals surface area contributed by atoms with E-state index in [0.29, 0.717) is 32.0 Å². The topological polar surface area (TPSA) is 94.2 Å². The highest BCUT2D eigenvalue weighted by molar-refractivity contribution is 6.01. The van der Waals surface area contributed by atoms with Crippen molar-refractivity contribution in [3.63, 3.8) is 0 Å². The molecule has 0 spiro atoms. The van der Waals surface area contributed by atoms with Crippen molar-refractivity contribution in [2.24, 2.45) is 0 Å². The van der Waals surface area contributed by atoms with Gasteiger partial charge in [-0.3, -0.25) is 19.9 Å². The molecule has 0 saturated carbocycles. The summed E-state index contributed by atoms with van der Waals surface area (Å²) in [7, 11) is 0. The van der Waals surface area contributed by atoms with Gasteiger partial charge in [-0.15, -0.1) is 0 Å². The predicted molar refractivity (Wildman–Crippen MR) is 114 cm³/mol. The standard InChI is InChI=1S/C22H26F3N5O4/c1-2-30-16-13-28(8-7-17(31)27-29-9-11-34-12-10-29)20(32)18(16)19(26-21(30)33)14-5-3-4-6-15(14)22(23,24)25/h3-6,19H,2,7-13H2,1H3,(H,26,33)(H,27,31)/t19-/m0/s1. The number of ether oxygens (including phenoxy) is 1. The fourth-order valence-electron chi connectivity index (χ4n) is 4.45. The number of alkyl halides is 3. The van der Waals surface area contributed by atoms with Gasteiger partial charge < -0.3 is 15.0 Å². The molecule has 0 bridgehead atoms. The maximum absolute atomic E-state index is 13.7. The highest BCUT2D eigenvalue weighted by Crippen LogP contribution is 2.41. The van der Waals surface area contributed by atoms with Gasteiger partial charge in [0.2, 0.25) is 5.91 Å². The smallest absolute Gasteiger partial charge is 0.379 e. The average Bonchev–Trinajstić information content (AvgIpc) is 3.13. The zero-order valence-electron chi connectivity index (χ0n) is 18.7. The fourth-order valence-corrected chi connectivity index (χ4v) is 4.45. The Kier molecular flexibility index (Phi) is 6.80. The predicted octanol–water partition coefficient (Wildman–Crippen LogP) is 1.64. The molecule has 4 amide bonds. The summed E-state index contributed by atoms with van der Waals surface area (Å²) in [4.78, 5) is 41.1. The van der Waals surface area contributed by atoms with Crippen LogP contribution in [0, 0.1) is 0 Å². The van der Waals surface area contributed by atoms with Crippen molar-refractivity contribution in [1.82, 2.24) is 25.6 Å². The van der Waals surface area contributed by atoms with Gasteiger partial charge in [0.25, 0.3) is 5.91 Å². The first-order valence-electron chi connectivity index (χ1n) is 11.1. The molecule has 3 heterocycles. The number of rotatable bonds is 6. The Bertz CT molecular complexity index is 1010. The van der Waals surface area contributed by atoms with E-state index in [1.807, 2.05) is 0 Å². The lowest BCUT2D eigenvalue weighted by atomic mass is 9.91. The molecule has 0 radical (unpaired) electrons. The van der Waals surface area contributed by atoms with Gasteiger partial charge in [0, 0.05) is 32.6 Å². The molecule has 1 fully saturated rings. The van der Waals surface area contributed by atoms with Crippen molar-refractivity contribution >= 4 is 17.8 Å². The van der Waals surface area contributed by atoms with Gasteiger partial charge in [-0.25, -0.2) is 9.80 Å². The molecule has 0 aliphatic carbocycles. The maximum atomic E-state index is 13.7. The first-order chi connectivity index (χ1) is 16.2. The van der Waals surface area contributed by atoms with Gasteiger partial charge in [0.1, 0.15) is 0 Å². The van der Waals surface area contributed by atoms with Crippen LogP contribution < -0.4 is 10.7 Å². The van der Waals surface area contributed by atoms with Crippen LogP contribution in [0.3, 0.4) is 0 Å². The van der Waals surface area contributed by atoms with E-state index >= 15 is 0 Å². The van der Waals surface area contributed by atoms with Crippen LogP contribution in [-0.4, -0.2) is 78.6 Å². The first-order valence-corrected chi connectivity index (χ1v) is 11.1. The zero-order chi connectivity index (χ0) is 24.5. The summed E-state index contributed by atoms with van der Waals surface area (Å²) in [5, 5.41) is 4.31. The lowest BCUT2D eigenvalue weighted by Gasteiger charge is -2.33. The molecule has 1 aromatic carbocycles. The normalized spacial score (nSPS) is 21.6. The summed E-state index contributed by atoms with van der Waals surface area (Å²) in [6.45, 7) is 4.22. The summed E-state index contributed by atoms with van der Waals surface area (Å²) < 4.78 is 46.3. The van der Waals surface area contributed by atoms with Crippen LogP contribution >= 0.6 is 0 Å². The first kappa shape index (κ1) is 24.0. The third-order valence-electron chi connectivity index (χ3n) is 6.09. The van der Waals surface area contributed by atoms with Gasteiger partial charge in [0.15, 0.2) is 0 Å². The minimum absolute atomic E-state index is 0.0148. The van der Waals surface area contributed by atoms with E-state index in [1.54, 1.807) is 11.9 Å². The van der Waals surface area contributed by atoms with E-state index in [0.717, 1.165) is 6.07 Å². The molecule has 1 aromatic rings. The number of halogens is 3. The lowest BCUT2D eigenvalue weighted by molar-refractivity contribution is -0.138. The van der Waals surface area contributed by atoms with Gasteiger partial charge >= 0.3 is 12.2 Å². The van der Waals surface area contributed by atoms with Crippen molar-refractivity contribution < 1.29 is 32.3 Å². The molecule has 1 atom stereocenters. The number of benzene rings is 1. The number of hydrogen-bond donors (Lipinski definition) is 2.